The van der Waals surface area contributed by atoms with Gasteiger partial charge in [-0.15, -0.1) is 0 Å². The van der Waals surface area contributed by atoms with E-state index >= 15 is 0 Å². The average Bonchev–Trinajstić information content (AvgIpc) is 2.37. The second-order valence-corrected chi connectivity index (χ2v) is 4.35. The molecular formula is C16H16O2. The molecule has 0 radical (unpaired) electrons. The van der Waals surface area contributed by atoms with Crippen molar-refractivity contribution in [3.05, 3.63) is 59.7 Å². The lowest BCUT2D eigenvalue weighted by molar-refractivity contribution is 0.450. The number of aromatic hydroxyl groups is 2. The Morgan fingerprint density at radius 1 is 0.722 bits per heavy atom. The minimum atomic E-state index is 0.0743. The molecule has 92 valence electrons. The van der Waals surface area contributed by atoms with E-state index in [9.17, 15) is 10.2 Å². The predicted octanol–water partition coefficient (Wildman–Crippen LogP) is 4.05. The van der Waals surface area contributed by atoms with Crippen LogP contribution in [0.2, 0.25) is 0 Å². The Kier molecular flexibility index (Phi) is 3.38. The van der Waals surface area contributed by atoms with Gasteiger partial charge in [0.1, 0.15) is 11.5 Å². The summed E-state index contributed by atoms with van der Waals surface area (Å²) in [5.41, 5.74) is 4.12. The van der Waals surface area contributed by atoms with Gasteiger partial charge in [-0.05, 0) is 48.3 Å². The summed E-state index contributed by atoms with van der Waals surface area (Å²) in [5.74, 6) is 0.149. The smallest absolute Gasteiger partial charge is 0.119 e. The third-order valence-corrected chi connectivity index (χ3v) is 3.10. The minimum Gasteiger partial charge on any atom is -0.508 e. The van der Waals surface area contributed by atoms with Crippen LogP contribution in [0.1, 0.15) is 25.0 Å². The number of hydrogen-bond donors (Lipinski definition) is 2. The molecule has 0 amide bonds. The van der Waals surface area contributed by atoms with Gasteiger partial charge >= 0.3 is 0 Å². The largest absolute Gasteiger partial charge is 0.508 e. The summed E-state index contributed by atoms with van der Waals surface area (Å²) in [7, 11) is 0. The Morgan fingerprint density at radius 3 is 1.78 bits per heavy atom. The van der Waals surface area contributed by atoms with Gasteiger partial charge in [0.2, 0.25) is 0 Å². The Balaban J connectivity index is 2.49. The maximum atomic E-state index is 9.51. The molecule has 2 rings (SSSR count). The first-order chi connectivity index (χ1) is 8.58. The molecule has 0 bridgehead atoms. The fraction of sp³-hybridized carbons (Fsp3) is 0.125. The van der Waals surface area contributed by atoms with Crippen LogP contribution in [0.15, 0.2) is 48.5 Å². The van der Waals surface area contributed by atoms with E-state index in [1.54, 1.807) is 12.1 Å². The molecule has 2 nitrogen and oxygen atoms in total. The van der Waals surface area contributed by atoms with Gasteiger partial charge in [-0.1, -0.05) is 30.3 Å². The average molecular weight is 240 g/mol. The molecule has 0 unspecified atom stereocenters. The van der Waals surface area contributed by atoms with E-state index in [2.05, 4.69) is 0 Å². The van der Waals surface area contributed by atoms with Crippen molar-refractivity contribution in [3.8, 4) is 11.5 Å². The highest BCUT2D eigenvalue weighted by Gasteiger charge is 2.05. The van der Waals surface area contributed by atoms with E-state index in [1.165, 1.54) is 6.07 Å². The van der Waals surface area contributed by atoms with Crippen LogP contribution in [0.5, 0.6) is 11.5 Å². The summed E-state index contributed by atoms with van der Waals surface area (Å²) >= 11 is 0. The predicted molar refractivity (Wildman–Crippen MR) is 74.4 cm³/mol. The lowest BCUT2D eigenvalue weighted by Crippen LogP contribution is -1.86. The molecule has 0 heterocycles. The molecule has 2 aromatic rings. The van der Waals surface area contributed by atoms with Crippen molar-refractivity contribution >= 4 is 11.1 Å². The first-order valence-electron chi connectivity index (χ1n) is 5.84. The first kappa shape index (κ1) is 12.2. The van der Waals surface area contributed by atoms with E-state index in [0.29, 0.717) is 0 Å². The molecule has 2 aromatic carbocycles. The third-order valence-electron chi connectivity index (χ3n) is 3.10. The Bertz CT molecular complexity index is 563. The van der Waals surface area contributed by atoms with Crippen LogP contribution < -0.4 is 0 Å². The molecule has 0 aliphatic heterocycles. The topological polar surface area (TPSA) is 40.5 Å². The van der Waals surface area contributed by atoms with E-state index in [1.807, 2.05) is 44.2 Å². The molecule has 18 heavy (non-hydrogen) atoms. The molecule has 0 fully saturated rings. The van der Waals surface area contributed by atoms with Crippen molar-refractivity contribution in [1.29, 1.82) is 0 Å². The van der Waals surface area contributed by atoms with Gasteiger partial charge in [-0.2, -0.15) is 0 Å². The van der Waals surface area contributed by atoms with Gasteiger partial charge < -0.3 is 10.2 Å². The van der Waals surface area contributed by atoms with E-state index in [4.69, 9.17) is 0 Å². The fourth-order valence-corrected chi connectivity index (χ4v) is 1.93. The molecule has 0 saturated heterocycles. The van der Waals surface area contributed by atoms with Crippen LogP contribution in [-0.2, 0) is 0 Å². The van der Waals surface area contributed by atoms with Gasteiger partial charge in [0, 0.05) is 6.07 Å². The van der Waals surface area contributed by atoms with Crippen molar-refractivity contribution in [2.45, 2.75) is 13.8 Å². The van der Waals surface area contributed by atoms with Crippen molar-refractivity contribution in [2.24, 2.45) is 0 Å². The molecule has 0 aliphatic rings. The molecule has 2 N–H and O–H groups in total. The fourth-order valence-electron chi connectivity index (χ4n) is 1.93. The number of phenolic OH excluding ortho intramolecular Hbond substituents is 2. The van der Waals surface area contributed by atoms with Gasteiger partial charge in [0.25, 0.3) is 0 Å². The lowest BCUT2D eigenvalue weighted by atomic mass is 9.97. The SMILES string of the molecule is CC(=C(C)c1cc(O)cc(O)c1)c1ccccc1. The van der Waals surface area contributed by atoms with Crippen molar-refractivity contribution < 1.29 is 10.2 Å². The second-order valence-electron chi connectivity index (χ2n) is 4.35. The number of rotatable bonds is 2. The zero-order valence-electron chi connectivity index (χ0n) is 10.5. The summed E-state index contributed by atoms with van der Waals surface area (Å²) in [6.45, 7) is 4.02. The number of phenols is 2. The van der Waals surface area contributed by atoms with Gasteiger partial charge in [0.05, 0.1) is 0 Å². The van der Waals surface area contributed by atoms with Crippen LogP contribution >= 0.6 is 0 Å². The highest BCUT2D eigenvalue weighted by atomic mass is 16.3. The summed E-state index contributed by atoms with van der Waals surface area (Å²) in [6, 6.07) is 14.7. The standard InChI is InChI=1S/C16H16O2/c1-11(13-6-4-3-5-7-13)12(2)14-8-15(17)10-16(18)9-14/h3-10,17-18H,1-2H3. The van der Waals surface area contributed by atoms with Crippen molar-refractivity contribution in [3.63, 3.8) is 0 Å². The zero-order valence-corrected chi connectivity index (χ0v) is 10.5. The first-order valence-corrected chi connectivity index (χ1v) is 5.84. The zero-order chi connectivity index (χ0) is 13.1. The van der Waals surface area contributed by atoms with E-state index < -0.39 is 0 Å². The minimum absolute atomic E-state index is 0.0743. The number of hydrogen-bond acceptors (Lipinski definition) is 2. The summed E-state index contributed by atoms with van der Waals surface area (Å²) < 4.78 is 0. The Hall–Kier alpha value is -2.22. The lowest BCUT2D eigenvalue weighted by Gasteiger charge is -2.09. The normalized spacial score (nSPS) is 12.1. The van der Waals surface area contributed by atoms with Gasteiger partial charge in [-0.3, -0.25) is 0 Å². The Labute approximate surface area is 107 Å². The maximum absolute atomic E-state index is 9.51. The quantitative estimate of drug-likeness (QED) is 0.777. The highest BCUT2D eigenvalue weighted by Crippen LogP contribution is 2.30. The molecule has 0 spiro atoms. The van der Waals surface area contributed by atoms with Crippen LogP contribution in [-0.4, -0.2) is 10.2 Å². The summed E-state index contributed by atoms with van der Waals surface area (Å²) in [4.78, 5) is 0. The van der Waals surface area contributed by atoms with E-state index in [-0.39, 0.29) is 11.5 Å². The van der Waals surface area contributed by atoms with E-state index in [0.717, 1.165) is 22.3 Å². The highest BCUT2D eigenvalue weighted by molar-refractivity contribution is 5.89. The van der Waals surface area contributed by atoms with Crippen LogP contribution in [0.4, 0.5) is 0 Å². The third kappa shape index (κ3) is 2.54. The van der Waals surface area contributed by atoms with Crippen LogP contribution in [0.3, 0.4) is 0 Å². The molecular weight excluding hydrogens is 224 g/mol. The summed E-state index contributed by atoms with van der Waals surface area (Å²) in [5, 5.41) is 19.0. The molecule has 0 aliphatic carbocycles. The van der Waals surface area contributed by atoms with Crippen molar-refractivity contribution in [2.75, 3.05) is 0 Å². The van der Waals surface area contributed by atoms with Gasteiger partial charge in [0.15, 0.2) is 0 Å². The second kappa shape index (κ2) is 4.96. The number of allylic oxidation sites excluding steroid dienone is 2. The van der Waals surface area contributed by atoms with Crippen LogP contribution in [0, 0.1) is 0 Å². The van der Waals surface area contributed by atoms with Crippen molar-refractivity contribution in [1.82, 2.24) is 0 Å². The summed E-state index contributed by atoms with van der Waals surface area (Å²) in [6.07, 6.45) is 0. The maximum Gasteiger partial charge on any atom is 0.119 e. The van der Waals surface area contributed by atoms with Crippen LogP contribution in [0.25, 0.3) is 11.1 Å². The molecule has 0 saturated carbocycles. The molecule has 2 heteroatoms. The Morgan fingerprint density at radius 2 is 1.22 bits per heavy atom. The molecule has 0 aromatic heterocycles. The molecule has 0 atom stereocenters. The number of benzene rings is 2. The van der Waals surface area contributed by atoms with Gasteiger partial charge in [-0.25, -0.2) is 0 Å². The monoisotopic (exact) mass is 240 g/mol.